The van der Waals surface area contributed by atoms with E-state index in [2.05, 4.69) is 10.6 Å². The number of benzene rings is 3. The third-order valence-corrected chi connectivity index (χ3v) is 5.41. The van der Waals surface area contributed by atoms with Crippen molar-refractivity contribution in [2.24, 2.45) is 0 Å². The van der Waals surface area contributed by atoms with E-state index in [1.165, 1.54) is 0 Å². The van der Waals surface area contributed by atoms with Crippen LogP contribution < -0.4 is 20.1 Å². The van der Waals surface area contributed by atoms with Gasteiger partial charge in [0.1, 0.15) is 18.8 Å². The summed E-state index contributed by atoms with van der Waals surface area (Å²) >= 11 is 6.02. The van der Waals surface area contributed by atoms with Gasteiger partial charge in [0.25, 0.3) is 5.91 Å². The van der Waals surface area contributed by atoms with Crippen molar-refractivity contribution in [3.8, 4) is 11.5 Å². The summed E-state index contributed by atoms with van der Waals surface area (Å²) in [7, 11) is 0. The van der Waals surface area contributed by atoms with Crippen LogP contribution in [0, 0.1) is 0 Å². The monoisotopic (exact) mass is 462 g/mol. The molecule has 2 heterocycles. The van der Waals surface area contributed by atoms with Gasteiger partial charge in [0, 0.05) is 21.7 Å². The van der Waals surface area contributed by atoms with Crippen molar-refractivity contribution in [1.82, 2.24) is 0 Å². The highest BCUT2D eigenvalue weighted by atomic mass is 35.5. The van der Waals surface area contributed by atoms with Gasteiger partial charge in [-0.05, 0) is 48.5 Å². The van der Waals surface area contributed by atoms with Gasteiger partial charge in [-0.1, -0.05) is 29.8 Å². The largest absolute Gasteiger partial charge is 0.486 e. The molecule has 0 fully saturated rings. The number of hydrogen-bond acceptors (Lipinski definition) is 6. The summed E-state index contributed by atoms with van der Waals surface area (Å²) in [5, 5.41) is 7.07. The van der Waals surface area contributed by atoms with E-state index < -0.39 is 5.91 Å². The molecule has 1 amide bonds. The van der Waals surface area contributed by atoms with E-state index in [1.54, 1.807) is 48.5 Å². The highest BCUT2D eigenvalue weighted by Gasteiger charge is 2.22. The van der Waals surface area contributed by atoms with E-state index in [0.717, 1.165) is 0 Å². The number of amides is 1. The zero-order chi connectivity index (χ0) is 22.8. The molecule has 0 spiro atoms. The van der Waals surface area contributed by atoms with Crippen LogP contribution in [0.2, 0.25) is 5.02 Å². The van der Waals surface area contributed by atoms with Crippen molar-refractivity contribution in [2.75, 3.05) is 30.4 Å². The van der Waals surface area contributed by atoms with Crippen molar-refractivity contribution in [3.05, 3.63) is 83.1 Å². The fourth-order valence-corrected chi connectivity index (χ4v) is 3.81. The molecule has 3 aromatic carbocycles. The third-order valence-electron chi connectivity index (χ3n) is 5.17. The van der Waals surface area contributed by atoms with Gasteiger partial charge in [-0.15, -0.1) is 0 Å². The van der Waals surface area contributed by atoms with Crippen molar-refractivity contribution in [2.45, 2.75) is 0 Å². The third kappa shape index (κ3) is 4.36. The lowest BCUT2D eigenvalue weighted by atomic mass is 10.1. The molecule has 4 aromatic rings. The Labute approximate surface area is 194 Å². The van der Waals surface area contributed by atoms with E-state index in [9.17, 15) is 9.59 Å². The minimum Gasteiger partial charge on any atom is -0.486 e. The number of anilines is 2. The Morgan fingerprint density at radius 2 is 1.73 bits per heavy atom. The highest BCUT2D eigenvalue weighted by molar-refractivity contribution is 6.31. The van der Waals surface area contributed by atoms with Crippen molar-refractivity contribution in [3.63, 3.8) is 0 Å². The molecular formula is C25H19ClN2O5. The summed E-state index contributed by atoms with van der Waals surface area (Å²) in [5.74, 6) is 0.612. The number of halogens is 1. The topological polar surface area (TPSA) is 89.8 Å². The lowest BCUT2D eigenvalue weighted by Gasteiger charge is -2.18. The molecule has 0 atom stereocenters. The molecule has 166 valence electrons. The normalized spacial score (nSPS) is 12.4. The van der Waals surface area contributed by atoms with Gasteiger partial charge in [0.2, 0.25) is 5.76 Å². The summed E-state index contributed by atoms with van der Waals surface area (Å²) in [6, 6.07) is 19.1. The molecule has 1 aliphatic heterocycles. The number of ether oxygens (including phenoxy) is 2. The Hall–Kier alpha value is -3.97. The smallest absolute Gasteiger partial charge is 0.293 e. The number of carbonyl (C=O) groups is 2. The predicted molar refractivity (Wildman–Crippen MR) is 126 cm³/mol. The number of ketones is 1. The Bertz CT molecular complexity index is 1360. The minimum atomic E-state index is -0.456. The second kappa shape index (κ2) is 8.88. The van der Waals surface area contributed by atoms with Crippen molar-refractivity contribution in [1.29, 1.82) is 0 Å². The van der Waals surface area contributed by atoms with E-state index >= 15 is 0 Å². The first-order chi connectivity index (χ1) is 16.1. The van der Waals surface area contributed by atoms with Crippen LogP contribution in [0.15, 0.2) is 71.1 Å². The summed E-state index contributed by atoms with van der Waals surface area (Å²) < 4.78 is 16.9. The second-order valence-electron chi connectivity index (χ2n) is 7.40. The number of rotatable bonds is 6. The van der Waals surface area contributed by atoms with Crippen LogP contribution in [0.5, 0.6) is 11.5 Å². The van der Waals surface area contributed by atoms with Crippen LogP contribution in [0.3, 0.4) is 0 Å². The number of carbonyl (C=O) groups excluding carboxylic acids is 2. The summed E-state index contributed by atoms with van der Waals surface area (Å²) in [4.78, 5) is 25.9. The number of para-hydroxylation sites is 1. The fraction of sp³-hybridized carbons (Fsp3) is 0.120. The van der Waals surface area contributed by atoms with Crippen LogP contribution in [0.25, 0.3) is 11.0 Å². The molecule has 0 radical (unpaired) electrons. The molecule has 0 saturated carbocycles. The maximum Gasteiger partial charge on any atom is 0.293 e. The van der Waals surface area contributed by atoms with E-state index in [-0.39, 0.29) is 18.1 Å². The van der Waals surface area contributed by atoms with Gasteiger partial charge in [-0.2, -0.15) is 0 Å². The molecule has 0 aliphatic carbocycles. The lowest BCUT2D eigenvalue weighted by molar-refractivity contribution is 0.0990. The van der Waals surface area contributed by atoms with Gasteiger partial charge in [0.05, 0.1) is 12.2 Å². The standard InChI is InChI=1S/C25H19ClN2O5/c26-16-4-3-5-17(13-16)28-25(30)24-23(18-6-1-2-7-20(18)33-24)27-14-19(29)15-8-9-21-22(12-15)32-11-10-31-21/h1-9,12-13,27H,10-11,14H2,(H,28,30). The van der Waals surface area contributed by atoms with Crippen molar-refractivity contribution < 1.29 is 23.5 Å². The van der Waals surface area contributed by atoms with Gasteiger partial charge in [0.15, 0.2) is 17.3 Å². The van der Waals surface area contributed by atoms with Crippen molar-refractivity contribution >= 4 is 45.6 Å². The average Bonchev–Trinajstić information content (AvgIpc) is 3.21. The van der Waals surface area contributed by atoms with Crippen LogP contribution in [-0.4, -0.2) is 31.4 Å². The molecule has 7 nitrogen and oxygen atoms in total. The zero-order valence-electron chi connectivity index (χ0n) is 17.4. The number of hydrogen-bond donors (Lipinski definition) is 2. The molecule has 1 aliphatic rings. The molecule has 0 bridgehead atoms. The predicted octanol–water partition coefficient (Wildman–Crippen LogP) is 5.40. The molecule has 0 unspecified atom stereocenters. The minimum absolute atomic E-state index is 0.0411. The average molecular weight is 463 g/mol. The first-order valence-electron chi connectivity index (χ1n) is 10.3. The van der Waals surface area contributed by atoms with Gasteiger partial charge in [-0.25, -0.2) is 0 Å². The lowest BCUT2D eigenvalue weighted by Crippen LogP contribution is -2.19. The number of fused-ring (bicyclic) bond motifs is 2. The summed E-state index contributed by atoms with van der Waals surface area (Å²) in [6.07, 6.45) is 0. The van der Waals surface area contributed by atoms with Crippen LogP contribution in [0.4, 0.5) is 11.4 Å². The molecule has 33 heavy (non-hydrogen) atoms. The second-order valence-corrected chi connectivity index (χ2v) is 7.84. The Kier molecular flexibility index (Phi) is 5.62. The first kappa shape index (κ1) is 20.9. The number of furan rings is 1. The number of nitrogens with one attached hydrogen (secondary N) is 2. The molecule has 0 saturated heterocycles. The van der Waals surface area contributed by atoms with Gasteiger partial charge in [-0.3, -0.25) is 9.59 Å². The molecular weight excluding hydrogens is 444 g/mol. The van der Waals surface area contributed by atoms with E-state index in [4.69, 9.17) is 25.5 Å². The Morgan fingerprint density at radius 1 is 0.909 bits per heavy atom. The first-order valence-corrected chi connectivity index (χ1v) is 10.7. The number of Topliss-reactive ketones (excluding diaryl/α,β-unsaturated/α-hetero) is 1. The van der Waals surface area contributed by atoms with Crippen LogP contribution in [-0.2, 0) is 0 Å². The van der Waals surface area contributed by atoms with Crippen LogP contribution >= 0.6 is 11.6 Å². The molecule has 1 aromatic heterocycles. The Morgan fingerprint density at radius 3 is 2.58 bits per heavy atom. The maximum absolute atomic E-state index is 13.0. The fourth-order valence-electron chi connectivity index (χ4n) is 3.62. The molecule has 2 N–H and O–H groups in total. The molecule has 8 heteroatoms. The molecule has 5 rings (SSSR count). The quantitative estimate of drug-likeness (QED) is 0.373. The SMILES string of the molecule is O=C(CNc1c(C(=O)Nc2cccc(Cl)c2)oc2ccccc12)c1ccc2c(c1)OCCO2. The Balaban J connectivity index is 1.39. The van der Waals surface area contributed by atoms with E-state index in [1.807, 2.05) is 18.2 Å². The summed E-state index contributed by atoms with van der Waals surface area (Å²) in [5.41, 5.74) is 1.98. The highest BCUT2D eigenvalue weighted by Crippen LogP contribution is 2.33. The maximum atomic E-state index is 13.0. The van der Waals surface area contributed by atoms with E-state index in [0.29, 0.717) is 57.6 Å². The van der Waals surface area contributed by atoms with Gasteiger partial charge >= 0.3 is 0 Å². The van der Waals surface area contributed by atoms with Gasteiger partial charge < -0.3 is 24.5 Å². The van der Waals surface area contributed by atoms with Crippen LogP contribution in [0.1, 0.15) is 20.9 Å². The summed E-state index contributed by atoms with van der Waals surface area (Å²) in [6.45, 7) is 0.880. The zero-order valence-corrected chi connectivity index (χ0v) is 18.1.